The van der Waals surface area contributed by atoms with Crippen molar-refractivity contribution in [3.8, 4) is 0 Å². The van der Waals surface area contributed by atoms with E-state index in [9.17, 15) is 0 Å². The van der Waals surface area contributed by atoms with Crippen LogP contribution < -0.4 is 29.6 Å². The van der Waals surface area contributed by atoms with Crippen LogP contribution in [0.25, 0.3) is 0 Å². The van der Waals surface area contributed by atoms with E-state index < -0.39 is 0 Å². The minimum Gasteiger partial charge on any atom is -1.00 e. The van der Waals surface area contributed by atoms with E-state index in [1.54, 1.807) is 0 Å². The smallest absolute Gasteiger partial charge is 1.00 e. The van der Waals surface area contributed by atoms with Crippen LogP contribution in [0, 0.1) is 0 Å². The first-order valence-electron chi connectivity index (χ1n) is 2.84. The molecule has 0 radical (unpaired) electrons. The van der Waals surface area contributed by atoms with Crippen molar-refractivity contribution in [3.63, 3.8) is 0 Å². The van der Waals surface area contributed by atoms with E-state index in [2.05, 4.69) is 43.2 Å². The molecule has 0 saturated heterocycles. The third kappa shape index (κ3) is 1.88. The maximum atomic E-state index is 2.17. The fourth-order valence-corrected chi connectivity index (χ4v) is 0.747. The molecule has 0 spiro atoms. The zero-order valence-corrected chi connectivity index (χ0v) is 8.63. The Kier molecular flexibility index (Phi) is 3.63. The van der Waals surface area contributed by atoms with Crippen molar-refractivity contribution in [2.24, 2.45) is 0 Å². The van der Waals surface area contributed by atoms with E-state index >= 15 is 0 Å². The summed E-state index contributed by atoms with van der Waals surface area (Å²) in [6.07, 6.45) is 4.69. The SMILES string of the molecule is CC1N(C)C=CN1C.[H-].[Na+]. The van der Waals surface area contributed by atoms with Gasteiger partial charge >= 0.3 is 29.6 Å². The van der Waals surface area contributed by atoms with E-state index in [1.807, 2.05) is 0 Å². The Bertz CT molecular complexity index is 106. The van der Waals surface area contributed by atoms with Gasteiger partial charge in [0.25, 0.3) is 0 Å². The predicted molar refractivity (Wildman–Crippen MR) is 35.2 cm³/mol. The molecule has 0 N–H and O–H groups in total. The van der Waals surface area contributed by atoms with Gasteiger partial charge in [0.1, 0.15) is 0 Å². The predicted octanol–water partition coefficient (Wildman–Crippen LogP) is -2.20. The van der Waals surface area contributed by atoms with Gasteiger partial charge < -0.3 is 11.2 Å². The molecule has 2 nitrogen and oxygen atoms in total. The number of nitrogens with zero attached hydrogens (tertiary/aromatic N) is 2. The molecule has 9 heavy (non-hydrogen) atoms. The summed E-state index contributed by atoms with van der Waals surface area (Å²) < 4.78 is 0. The second-order valence-electron chi connectivity index (χ2n) is 2.26. The Morgan fingerprint density at radius 1 is 1.22 bits per heavy atom. The van der Waals surface area contributed by atoms with Crippen molar-refractivity contribution < 1.29 is 31.0 Å². The maximum Gasteiger partial charge on any atom is 1.00 e. The Labute approximate surface area is 80.3 Å². The van der Waals surface area contributed by atoms with Crippen LogP contribution in [0.3, 0.4) is 0 Å². The summed E-state index contributed by atoms with van der Waals surface area (Å²) in [6.45, 7) is 2.17. The Hall–Kier alpha value is 0.340. The van der Waals surface area contributed by atoms with Gasteiger partial charge in [-0.05, 0) is 6.92 Å². The van der Waals surface area contributed by atoms with E-state index in [4.69, 9.17) is 0 Å². The van der Waals surface area contributed by atoms with Crippen molar-refractivity contribution >= 4 is 0 Å². The molecule has 1 aliphatic rings. The van der Waals surface area contributed by atoms with Gasteiger partial charge in [0, 0.05) is 26.5 Å². The molecule has 0 unspecified atom stereocenters. The van der Waals surface area contributed by atoms with E-state index in [0.29, 0.717) is 6.17 Å². The maximum absolute atomic E-state index is 2.17. The Balaban J connectivity index is 0. The van der Waals surface area contributed by atoms with Crippen LogP contribution in [0.2, 0.25) is 0 Å². The van der Waals surface area contributed by atoms with E-state index in [-0.39, 0.29) is 31.0 Å². The van der Waals surface area contributed by atoms with Gasteiger partial charge in [-0.1, -0.05) is 0 Å². The average molecular weight is 136 g/mol. The molecule has 0 aromatic rings. The molecule has 1 aliphatic heterocycles. The molecule has 0 amide bonds. The summed E-state index contributed by atoms with van der Waals surface area (Å²) >= 11 is 0. The van der Waals surface area contributed by atoms with Gasteiger partial charge in [0.15, 0.2) is 0 Å². The van der Waals surface area contributed by atoms with Gasteiger partial charge in [-0.25, -0.2) is 0 Å². The van der Waals surface area contributed by atoms with Crippen molar-refractivity contribution in [3.05, 3.63) is 12.4 Å². The fourth-order valence-electron chi connectivity index (χ4n) is 0.747. The van der Waals surface area contributed by atoms with Crippen LogP contribution in [0.1, 0.15) is 8.35 Å². The molecule has 1 heterocycles. The monoisotopic (exact) mass is 136 g/mol. The van der Waals surface area contributed by atoms with Crippen molar-refractivity contribution in [1.82, 2.24) is 9.80 Å². The largest absolute Gasteiger partial charge is 1.00 e. The van der Waals surface area contributed by atoms with E-state index in [0.717, 1.165) is 0 Å². The van der Waals surface area contributed by atoms with Gasteiger partial charge in [0.2, 0.25) is 0 Å². The van der Waals surface area contributed by atoms with Gasteiger partial charge in [-0.15, -0.1) is 0 Å². The summed E-state index contributed by atoms with van der Waals surface area (Å²) in [5.41, 5.74) is 0. The molecule has 3 heteroatoms. The van der Waals surface area contributed by atoms with Crippen LogP contribution in [0.5, 0.6) is 0 Å². The number of hydrogen-bond acceptors (Lipinski definition) is 2. The molecule has 0 aliphatic carbocycles. The summed E-state index contributed by atoms with van der Waals surface area (Å²) in [6, 6.07) is 0. The second kappa shape index (κ2) is 3.49. The fraction of sp³-hybridized carbons (Fsp3) is 0.667. The third-order valence-electron chi connectivity index (χ3n) is 1.72. The molecular weight excluding hydrogens is 123 g/mol. The normalized spacial score (nSPS) is 18.6. The summed E-state index contributed by atoms with van der Waals surface area (Å²) in [4.78, 5) is 4.33. The van der Waals surface area contributed by atoms with Crippen LogP contribution in [0.15, 0.2) is 12.4 Å². The molecule has 0 bridgehead atoms. The minimum atomic E-state index is 0. The molecule has 1 rings (SSSR count). The van der Waals surface area contributed by atoms with Crippen LogP contribution in [-0.4, -0.2) is 30.1 Å². The molecule has 0 fully saturated rings. The van der Waals surface area contributed by atoms with Crippen LogP contribution in [-0.2, 0) is 0 Å². The first kappa shape index (κ1) is 9.34. The zero-order valence-electron chi connectivity index (χ0n) is 7.63. The summed E-state index contributed by atoms with van der Waals surface area (Å²) in [5, 5.41) is 0. The van der Waals surface area contributed by atoms with Crippen LogP contribution >= 0.6 is 0 Å². The molecule has 0 aromatic heterocycles. The summed E-state index contributed by atoms with van der Waals surface area (Å²) in [7, 11) is 4.15. The molecular formula is C6H13N2Na. The quantitative estimate of drug-likeness (QED) is 0.349. The number of rotatable bonds is 0. The van der Waals surface area contributed by atoms with Crippen molar-refractivity contribution in [2.75, 3.05) is 14.1 Å². The topological polar surface area (TPSA) is 6.48 Å². The van der Waals surface area contributed by atoms with Gasteiger partial charge in [0.05, 0.1) is 6.17 Å². The third-order valence-corrected chi connectivity index (χ3v) is 1.72. The zero-order chi connectivity index (χ0) is 6.15. The van der Waals surface area contributed by atoms with Crippen LogP contribution in [0.4, 0.5) is 0 Å². The van der Waals surface area contributed by atoms with Crippen molar-refractivity contribution in [2.45, 2.75) is 13.1 Å². The molecule has 0 atom stereocenters. The Morgan fingerprint density at radius 2 is 1.56 bits per heavy atom. The van der Waals surface area contributed by atoms with Gasteiger partial charge in [-0.2, -0.15) is 0 Å². The molecule has 0 aromatic carbocycles. The Morgan fingerprint density at radius 3 is 1.67 bits per heavy atom. The number of hydrogen-bond donors (Lipinski definition) is 0. The van der Waals surface area contributed by atoms with Crippen molar-refractivity contribution in [1.29, 1.82) is 0 Å². The van der Waals surface area contributed by atoms with E-state index in [1.165, 1.54) is 0 Å². The standard InChI is InChI=1S/C6H12N2.Na.H/c1-6-7(2)4-5-8(6)3;;/h4-6H,1-3H3;;/q;+1;-1. The minimum absolute atomic E-state index is 0. The molecule has 48 valence electrons. The molecule has 0 saturated carbocycles. The van der Waals surface area contributed by atoms with Gasteiger partial charge in [-0.3, -0.25) is 0 Å². The second-order valence-corrected chi connectivity index (χ2v) is 2.26. The first-order chi connectivity index (χ1) is 3.72. The first-order valence-corrected chi connectivity index (χ1v) is 2.84. The average Bonchev–Trinajstić information content (AvgIpc) is 1.98. The summed E-state index contributed by atoms with van der Waals surface area (Å²) in [5.74, 6) is 0.